The first-order valence-corrected chi connectivity index (χ1v) is 9.54. The van der Waals surface area contributed by atoms with Crippen molar-refractivity contribution >= 4 is 28.2 Å². The van der Waals surface area contributed by atoms with Crippen molar-refractivity contribution in [3.63, 3.8) is 0 Å². The Morgan fingerprint density at radius 3 is 2.61 bits per heavy atom. The van der Waals surface area contributed by atoms with Crippen LogP contribution in [0.2, 0.25) is 0 Å². The topological polar surface area (TPSA) is 84.1 Å². The smallest absolute Gasteiger partial charge is 0.340 e. The molecule has 0 aliphatic carbocycles. The van der Waals surface area contributed by atoms with Crippen LogP contribution in [-0.4, -0.2) is 22.5 Å². The van der Waals surface area contributed by atoms with Gasteiger partial charge in [-0.25, -0.2) is 4.79 Å². The molecule has 0 saturated heterocycles. The molecule has 2 heterocycles. The van der Waals surface area contributed by atoms with Crippen LogP contribution in [0.4, 0.5) is 5.00 Å². The van der Waals surface area contributed by atoms with Gasteiger partial charge in [-0.15, -0.1) is 11.3 Å². The molecule has 3 aromatic rings. The Hall–Kier alpha value is -3.37. The first-order chi connectivity index (χ1) is 13.4. The summed E-state index contributed by atoms with van der Waals surface area (Å²) in [5, 5.41) is 13.8. The van der Waals surface area contributed by atoms with Gasteiger partial charge in [-0.1, -0.05) is 18.2 Å². The molecule has 7 heteroatoms. The van der Waals surface area contributed by atoms with Crippen molar-refractivity contribution in [1.82, 2.24) is 4.57 Å². The highest BCUT2D eigenvalue weighted by Crippen LogP contribution is 2.24. The number of thiophene rings is 1. The fourth-order valence-corrected chi connectivity index (χ4v) is 3.67. The molecule has 0 saturated carbocycles. The Labute approximate surface area is 167 Å². The Kier molecular flexibility index (Phi) is 5.62. The van der Waals surface area contributed by atoms with E-state index in [0.29, 0.717) is 16.1 Å². The maximum Gasteiger partial charge on any atom is 0.340 e. The zero-order valence-corrected chi connectivity index (χ0v) is 16.5. The summed E-state index contributed by atoms with van der Waals surface area (Å²) < 4.78 is 7.33. The summed E-state index contributed by atoms with van der Waals surface area (Å²) >= 11 is 1.24. The number of nitrogens with one attached hydrogen (secondary N) is 1. The van der Waals surface area contributed by atoms with E-state index in [9.17, 15) is 9.59 Å². The lowest BCUT2D eigenvalue weighted by Crippen LogP contribution is -2.30. The van der Waals surface area contributed by atoms with E-state index in [2.05, 4.69) is 5.32 Å². The van der Waals surface area contributed by atoms with Crippen molar-refractivity contribution in [3.8, 4) is 11.8 Å². The van der Waals surface area contributed by atoms with Crippen LogP contribution in [0, 0.1) is 25.2 Å². The van der Waals surface area contributed by atoms with Crippen molar-refractivity contribution in [2.75, 3.05) is 5.32 Å². The van der Waals surface area contributed by atoms with E-state index in [4.69, 9.17) is 10.00 Å². The van der Waals surface area contributed by atoms with E-state index in [-0.39, 0.29) is 0 Å². The van der Waals surface area contributed by atoms with Gasteiger partial charge in [0.15, 0.2) is 6.10 Å². The molecular weight excluding hydrogens is 374 g/mol. The molecule has 6 nitrogen and oxygen atoms in total. The fourth-order valence-electron chi connectivity index (χ4n) is 2.93. The van der Waals surface area contributed by atoms with Crippen molar-refractivity contribution in [2.24, 2.45) is 0 Å². The second-order valence-corrected chi connectivity index (χ2v) is 7.18. The van der Waals surface area contributed by atoms with E-state index in [1.54, 1.807) is 17.5 Å². The van der Waals surface area contributed by atoms with Gasteiger partial charge in [0.2, 0.25) is 0 Å². The first-order valence-electron chi connectivity index (χ1n) is 8.66. The number of nitrogens with zero attached hydrogens (tertiary/aromatic N) is 2. The predicted octanol–water partition coefficient (Wildman–Crippen LogP) is 4.21. The Bertz CT molecular complexity index is 1060. The quantitative estimate of drug-likeness (QED) is 0.658. The molecule has 1 atom stereocenters. The number of hydrogen-bond donors (Lipinski definition) is 1. The molecule has 0 aliphatic heterocycles. The number of ether oxygens (including phenoxy) is 1. The highest BCUT2D eigenvalue weighted by molar-refractivity contribution is 7.14. The summed E-state index contributed by atoms with van der Waals surface area (Å²) in [6, 6.07) is 15.1. The van der Waals surface area contributed by atoms with Gasteiger partial charge in [0.1, 0.15) is 11.1 Å². The van der Waals surface area contributed by atoms with Crippen molar-refractivity contribution in [3.05, 3.63) is 70.4 Å². The number of carbonyl (C=O) groups excluding carboxylic acids is 2. The van der Waals surface area contributed by atoms with Gasteiger partial charge in [-0.05, 0) is 50.4 Å². The van der Waals surface area contributed by atoms with Crippen molar-refractivity contribution < 1.29 is 14.3 Å². The number of amides is 1. The number of aryl methyl sites for hydroxylation is 1. The molecule has 3 rings (SSSR count). The number of esters is 1. The number of benzene rings is 1. The summed E-state index contributed by atoms with van der Waals surface area (Å²) in [4.78, 5) is 25.0. The van der Waals surface area contributed by atoms with E-state index < -0.39 is 18.0 Å². The number of rotatable bonds is 5. The monoisotopic (exact) mass is 393 g/mol. The van der Waals surface area contributed by atoms with Crippen LogP contribution < -0.4 is 5.32 Å². The van der Waals surface area contributed by atoms with E-state index >= 15 is 0 Å². The Morgan fingerprint density at radius 2 is 1.93 bits per heavy atom. The number of carbonyl (C=O) groups is 2. The minimum absolute atomic E-state index is 0.378. The van der Waals surface area contributed by atoms with Gasteiger partial charge in [0.25, 0.3) is 5.91 Å². The van der Waals surface area contributed by atoms with Crippen molar-refractivity contribution in [2.45, 2.75) is 26.9 Å². The van der Waals surface area contributed by atoms with Crippen LogP contribution in [0.3, 0.4) is 0 Å². The minimum Gasteiger partial charge on any atom is -0.449 e. The molecule has 1 aromatic carbocycles. The minimum atomic E-state index is -0.999. The molecule has 0 fully saturated rings. The lowest BCUT2D eigenvalue weighted by molar-refractivity contribution is -0.123. The van der Waals surface area contributed by atoms with E-state index in [0.717, 1.165) is 17.1 Å². The van der Waals surface area contributed by atoms with Crippen LogP contribution in [0.25, 0.3) is 5.69 Å². The number of nitriles is 1. The molecule has 28 heavy (non-hydrogen) atoms. The summed E-state index contributed by atoms with van der Waals surface area (Å²) in [7, 11) is 0. The molecule has 1 N–H and O–H groups in total. The zero-order chi connectivity index (χ0) is 20.3. The number of para-hydroxylation sites is 1. The Morgan fingerprint density at radius 1 is 1.21 bits per heavy atom. The second kappa shape index (κ2) is 8.11. The van der Waals surface area contributed by atoms with Crippen LogP contribution in [0.15, 0.2) is 47.8 Å². The first kappa shape index (κ1) is 19.4. The van der Waals surface area contributed by atoms with Crippen LogP contribution in [0.5, 0.6) is 0 Å². The molecule has 142 valence electrons. The third-order valence-corrected chi connectivity index (χ3v) is 5.17. The summed E-state index contributed by atoms with van der Waals surface area (Å²) in [6.07, 6.45) is -0.999. The van der Waals surface area contributed by atoms with Gasteiger partial charge in [-0.2, -0.15) is 5.26 Å². The maximum absolute atomic E-state index is 12.6. The standard InChI is InChI=1S/C21H19N3O3S/c1-13-11-18(14(2)24(13)17-7-5-4-6-8-17)21(26)27-15(3)19(25)23-20-16(12-22)9-10-28-20/h4-11,15H,1-3H3,(H,23,25). The van der Waals surface area contributed by atoms with Gasteiger partial charge in [-0.3, -0.25) is 4.79 Å². The van der Waals surface area contributed by atoms with Gasteiger partial charge >= 0.3 is 5.97 Å². The lowest BCUT2D eigenvalue weighted by atomic mass is 10.2. The number of hydrogen-bond acceptors (Lipinski definition) is 5. The predicted molar refractivity (Wildman–Crippen MR) is 108 cm³/mol. The third-order valence-electron chi connectivity index (χ3n) is 4.34. The maximum atomic E-state index is 12.6. The van der Waals surface area contributed by atoms with Gasteiger partial charge in [0, 0.05) is 17.1 Å². The van der Waals surface area contributed by atoms with E-state index in [1.807, 2.05) is 54.8 Å². The third kappa shape index (κ3) is 3.82. The molecule has 0 aliphatic rings. The number of anilines is 1. The average molecular weight is 393 g/mol. The number of aromatic nitrogens is 1. The summed E-state index contributed by atoms with van der Waals surface area (Å²) in [5.74, 6) is -1.05. The van der Waals surface area contributed by atoms with Gasteiger partial charge in [0.05, 0.1) is 11.1 Å². The highest BCUT2D eigenvalue weighted by Gasteiger charge is 2.23. The molecule has 1 unspecified atom stereocenters. The van der Waals surface area contributed by atoms with Crippen LogP contribution in [-0.2, 0) is 9.53 Å². The van der Waals surface area contributed by atoms with Crippen molar-refractivity contribution in [1.29, 1.82) is 5.26 Å². The van der Waals surface area contributed by atoms with Gasteiger partial charge < -0.3 is 14.6 Å². The lowest BCUT2D eigenvalue weighted by Gasteiger charge is -2.13. The molecule has 2 aromatic heterocycles. The van der Waals surface area contributed by atoms with E-state index in [1.165, 1.54) is 18.3 Å². The SMILES string of the molecule is Cc1cc(C(=O)OC(C)C(=O)Nc2sccc2C#N)c(C)n1-c1ccccc1. The second-order valence-electron chi connectivity index (χ2n) is 6.27. The normalized spacial score (nSPS) is 11.5. The molecule has 0 spiro atoms. The summed E-state index contributed by atoms with van der Waals surface area (Å²) in [6.45, 7) is 5.25. The average Bonchev–Trinajstić information content (AvgIpc) is 3.25. The summed E-state index contributed by atoms with van der Waals surface area (Å²) in [5.41, 5.74) is 3.37. The van der Waals surface area contributed by atoms with Crippen LogP contribution in [0.1, 0.15) is 34.2 Å². The molecular formula is C21H19N3O3S. The zero-order valence-electron chi connectivity index (χ0n) is 15.7. The Balaban J connectivity index is 1.74. The highest BCUT2D eigenvalue weighted by atomic mass is 32.1. The molecule has 1 amide bonds. The molecule has 0 bridgehead atoms. The molecule has 0 radical (unpaired) electrons. The fraction of sp³-hybridized carbons (Fsp3) is 0.190. The van der Waals surface area contributed by atoms with Crippen LogP contribution >= 0.6 is 11.3 Å². The largest absolute Gasteiger partial charge is 0.449 e.